The first-order valence-corrected chi connectivity index (χ1v) is 6.13. The lowest BCUT2D eigenvalue weighted by molar-refractivity contribution is 0.0687. The Morgan fingerprint density at radius 3 is 2.63 bits per heavy atom. The molecular formula is C13H14ClN3O2. The van der Waals surface area contributed by atoms with E-state index in [2.05, 4.69) is 10.1 Å². The van der Waals surface area contributed by atoms with Gasteiger partial charge >= 0.3 is 5.97 Å². The van der Waals surface area contributed by atoms with Crippen molar-refractivity contribution in [2.45, 2.75) is 26.2 Å². The maximum absolute atomic E-state index is 11.3. The van der Waals surface area contributed by atoms with Gasteiger partial charge in [0.25, 0.3) is 0 Å². The molecule has 0 radical (unpaired) electrons. The number of hydrogen-bond acceptors (Lipinski definition) is 3. The van der Waals surface area contributed by atoms with Crippen molar-refractivity contribution in [2.24, 2.45) is 0 Å². The minimum absolute atomic E-state index is 0.0468. The van der Waals surface area contributed by atoms with Gasteiger partial charge in [0.1, 0.15) is 0 Å². The number of hydrogen-bond donors (Lipinski definition) is 1. The van der Waals surface area contributed by atoms with Crippen molar-refractivity contribution in [1.82, 2.24) is 14.8 Å². The minimum atomic E-state index is -1.07. The first kappa shape index (κ1) is 13.5. The fraction of sp³-hybridized carbons (Fsp3) is 0.308. The van der Waals surface area contributed by atoms with Gasteiger partial charge in [-0.1, -0.05) is 32.4 Å². The number of halogens is 1. The van der Waals surface area contributed by atoms with Crippen LogP contribution in [-0.2, 0) is 5.41 Å². The van der Waals surface area contributed by atoms with Crippen molar-refractivity contribution in [2.75, 3.05) is 0 Å². The lowest BCUT2D eigenvalue weighted by Gasteiger charge is -2.14. The number of pyridine rings is 1. The summed E-state index contributed by atoms with van der Waals surface area (Å²) >= 11 is 6.04. The van der Waals surface area contributed by atoms with Gasteiger partial charge in [0.15, 0.2) is 11.5 Å². The number of rotatable bonds is 2. The standard InChI is InChI=1S/C13H14ClN3O2/c1-13(2,3)10-7-9(12(18)19)17(16-10)11-8(14)5-4-6-15-11/h4-7H,1-3H3,(H,18,19). The first-order valence-electron chi connectivity index (χ1n) is 5.75. The Bertz CT molecular complexity index is 629. The molecule has 0 fully saturated rings. The molecule has 0 bridgehead atoms. The van der Waals surface area contributed by atoms with Crippen LogP contribution in [0.4, 0.5) is 0 Å². The SMILES string of the molecule is CC(C)(C)c1cc(C(=O)O)n(-c2ncccc2Cl)n1. The maximum Gasteiger partial charge on any atom is 0.354 e. The number of nitrogens with zero attached hydrogens (tertiary/aromatic N) is 3. The van der Waals surface area contributed by atoms with Crippen LogP contribution in [0, 0.1) is 0 Å². The highest BCUT2D eigenvalue weighted by molar-refractivity contribution is 6.32. The maximum atomic E-state index is 11.3. The minimum Gasteiger partial charge on any atom is -0.477 e. The smallest absolute Gasteiger partial charge is 0.354 e. The van der Waals surface area contributed by atoms with Crippen LogP contribution >= 0.6 is 11.6 Å². The number of carboxylic acids is 1. The molecule has 5 nitrogen and oxygen atoms in total. The topological polar surface area (TPSA) is 68.0 Å². The first-order chi connectivity index (χ1) is 8.80. The van der Waals surface area contributed by atoms with Crippen LogP contribution in [-0.4, -0.2) is 25.8 Å². The van der Waals surface area contributed by atoms with Gasteiger partial charge < -0.3 is 5.11 Å². The molecule has 2 heterocycles. The molecule has 0 saturated carbocycles. The molecule has 0 aliphatic carbocycles. The van der Waals surface area contributed by atoms with Crippen LogP contribution in [0.25, 0.3) is 5.82 Å². The second-order valence-electron chi connectivity index (χ2n) is 5.19. The zero-order valence-corrected chi connectivity index (χ0v) is 11.6. The van der Waals surface area contributed by atoms with Gasteiger partial charge in [0.05, 0.1) is 10.7 Å². The van der Waals surface area contributed by atoms with Crippen molar-refractivity contribution >= 4 is 17.6 Å². The highest BCUT2D eigenvalue weighted by atomic mass is 35.5. The van der Waals surface area contributed by atoms with Gasteiger partial charge in [-0.2, -0.15) is 5.10 Å². The quantitative estimate of drug-likeness (QED) is 0.918. The molecule has 0 saturated heterocycles. The molecule has 1 N–H and O–H groups in total. The fourth-order valence-electron chi connectivity index (χ4n) is 1.59. The van der Waals surface area contributed by atoms with Crippen molar-refractivity contribution in [3.63, 3.8) is 0 Å². The molecule has 0 spiro atoms. The number of carbonyl (C=O) groups is 1. The van der Waals surface area contributed by atoms with Crippen LogP contribution in [0.2, 0.25) is 5.02 Å². The second-order valence-corrected chi connectivity index (χ2v) is 5.60. The van der Waals surface area contributed by atoms with E-state index >= 15 is 0 Å². The molecule has 2 aromatic heterocycles. The summed E-state index contributed by atoms with van der Waals surface area (Å²) in [6.45, 7) is 5.89. The molecule has 19 heavy (non-hydrogen) atoms. The van der Waals surface area contributed by atoms with Gasteiger partial charge in [-0.05, 0) is 18.2 Å². The van der Waals surface area contributed by atoms with Gasteiger partial charge in [-0.15, -0.1) is 0 Å². The fourth-order valence-corrected chi connectivity index (χ4v) is 1.80. The van der Waals surface area contributed by atoms with E-state index in [1.54, 1.807) is 24.4 Å². The summed E-state index contributed by atoms with van der Waals surface area (Å²) in [7, 11) is 0. The molecule has 0 aromatic carbocycles. The Morgan fingerprint density at radius 2 is 2.11 bits per heavy atom. The average molecular weight is 280 g/mol. The van der Waals surface area contributed by atoms with Gasteiger partial charge in [-0.25, -0.2) is 14.5 Å². The van der Waals surface area contributed by atoms with Crippen LogP contribution in [0.5, 0.6) is 0 Å². The number of aromatic carboxylic acids is 1. The molecule has 0 aliphatic rings. The van der Waals surface area contributed by atoms with Crippen molar-refractivity contribution < 1.29 is 9.90 Å². The Labute approximate surface area is 115 Å². The summed E-state index contributed by atoms with van der Waals surface area (Å²) < 4.78 is 1.27. The average Bonchev–Trinajstić information content (AvgIpc) is 2.74. The summed E-state index contributed by atoms with van der Waals surface area (Å²) in [5, 5.41) is 13.9. The van der Waals surface area contributed by atoms with E-state index in [0.717, 1.165) is 0 Å². The summed E-state index contributed by atoms with van der Waals surface area (Å²) in [5.41, 5.74) is 0.466. The van der Waals surface area contributed by atoms with E-state index in [0.29, 0.717) is 16.5 Å². The van der Waals surface area contributed by atoms with Gasteiger partial charge in [-0.3, -0.25) is 0 Å². The predicted molar refractivity (Wildman–Crippen MR) is 72.0 cm³/mol. The van der Waals surface area contributed by atoms with Crippen LogP contribution in [0.1, 0.15) is 37.0 Å². The normalized spacial score (nSPS) is 11.6. The largest absolute Gasteiger partial charge is 0.477 e. The summed E-state index contributed by atoms with van der Waals surface area (Å²) in [5.74, 6) is -0.748. The Morgan fingerprint density at radius 1 is 1.42 bits per heavy atom. The van der Waals surface area contributed by atoms with E-state index < -0.39 is 5.97 Å². The highest BCUT2D eigenvalue weighted by Gasteiger charge is 2.24. The highest BCUT2D eigenvalue weighted by Crippen LogP contribution is 2.25. The molecule has 6 heteroatoms. The summed E-state index contributed by atoms with van der Waals surface area (Å²) in [6.07, 6.45) is 1.55. The molecule has 0 amide bonds. The number of carboxylic acid groups (broad SMARTS) is 1. The third-order valence-corrected chi connectivity index (χ3v) is 2.93. The van der Waals surface area contributed by atoms with Crippen molar-refractivity contribution in [3.8, 4) is 5.82 Å². The van der Waals surface area contributed by atoms with Crippen LogP contribution < -0.4 is 0 Å². The van der Waals surface area contributed by atoms with E-state index in [1.165, 1.54) is 4.68 Å². The number of aromatic nitrogens is 3. The molecule has 100 valence electrons. The monoisotopic (exact) mass is 279 g/mol. The Balaban J connectivity index is 2.66. The summed E-state index contributed by atoms with van der Waals surface area (Å²) in [6, 6.07) is 4.88. The lowest BCUT2D eigenvalue weighted by atomic mass is 9.92. The van der Waals surface area contributed by atoms with Gasteiger partial charge in [0, 0.05) is 11.6 Å². The van der Waals surface area contributed by atoms with Gasteiger partial charge in [0.2, 0.25) is 0 Å². The summed E-state index contributed by atoms with van der Waals surface area (Å²) in [4.78, 5) is 15.4. The predicted octanol–water partition coefficient (Wildman–Crippen LogP) is 2.92. The van der Waals surface area contributed by atoms with E-state index in [4.69, 9.17) is 11.6 Å². The molecule has 2 rings (SSSR count). The zero-order valence-electron chi connectivity index (χ0n) is 10.9. The molecule has 0 unspecified atom stereocenters. The molecule has 2 aromatic rings. The van der Waals surface area contributed by atoms with Crippen molar-refractivity contribution in [3.05, 3.63) is 40.8 Å². The Kier molecular flexibility index (Phi) is 3.32. The van der Waals surface area contributed by atoms with E-state index in [-0.39, 0.29) is 11.1 Å². The Hall–Kier alpha value is -1.88. The molecule has 0 atom stereocenters. The third-order valence-electron chi connectivity index (χ3n) is 2.64. The van der Waals surface area contributed by atoms with Crippen LogP contribution in [0.3, 0.4) is 0 Å². The van der Waals surface area contributed by atoms with E-state index in [1.807, 2.05) is 20.8 Å². The van der Waals surface area contributed by atoms with Crippen molar-refractivity contribution in [1.29, 1.82) is 0 Å². The van der Waals surface area contributed by atoms with E-state index in [9.17, 15) is 9.90 Å². The lowest BCUT2D eigenvalue weighted by Crippen LogP contribution is -2.13. The third kappa shape index (κ3) is 2.61. The molecular weight excluding hydrogens is 266 g/mol. The second kappa shape index (κ2) is 4.66. The van der Waals surface area contributed by atoms with Crippen LogP contribution in [0.15, 0.2) is 24.4 Å². The molecule has 0 aliphatic heterocycles. The zero-order chi connectivity index (χ0) is 14.2.